The van der Waals surface area contributed by atoms with E-state index in [0.29, 0.717) is 0 Å². The number of hydrogen-bond donors (Lipinski definition) is 2. The third-order valence-electron chi connectivity index (χ3n) is 4.15. The molecule has 3 rings (SSSR count). The molecule has 3 aromatic rings. The highest BCUT2D eigenvalue weighted by atomic mass is 35.5. The van der Waals surface area contributed by atoms with Gasteiger partial charge in [0.15, 0.2) is 11.2 Å². The van der Waals surface area contributed by atoms with E-state index in [1.807, 2.05) is 30.3 Å². The van der Waals surface area contributed by atoms with Crippen molar-refractivity contribution in [2.24, 2.45) is 14.1 Å². The second-order valence-electron chi connectivity index (χ2n) is 6.06. The van der Waals surface area contributed by atoms with Gasteiger partial charge in [0.05, 0.1) is 0 Å². The van der Waals surface area contributed by atoms with Crippen molar-refractivity contribution in [3.8, 4) is 0 Å². The Bertz CT molecular complexity index is 1180. The summed E-state index contributed by atoms with van der Waals surface area (Å²) in [5.74, 6) is -0.692. The van der Waals surface area contributed by atoms with Crippen molar-refractivity contribution in [1.29, 1.82) is 0 Å². The van der Waals surface area contributed by atoms with Gasteiger partial charge in [-0.15, -0.1) is 0 Å². The molecular formula is C17H17ClN6O4. The quantitative estimate of drug-likeness (QED) is 0.598. The number of imidazole rings is 1. The van der Waals surface area contributed by atoms with E-state index in [4.69, 9.17) is 11.6 Å². The van der Waals surface area contributed by atoms with Crippen LogP contribution in [0.2, 0.25) is 5.28 Å². The van der Waals surface area contributed by atoms with Crippen LogP contribution < -0.4 is 21.9 Å². The topological polar surface area (TPSA) is 120 Å². The van der Waals surface area contributed by atoms with E-state index in [1.54, 1.807) is 0 Å². The Balaban J connectivity index is 1.76. The van der Waals surface area contributed by atoms with E-state index >= 15 is 0 Å². The molecule has 2 aromatic heterocycles. The van der Waals surface area contributed by atoms with Crippen LogP contribution in [-0.2, 0) is 32.0 Å². The van der Waals surface area contributed by atoms with E-state index < -0.39 is 29.7 Å². The van der Waals surface area contributed by atoms with Gasteiger partial charge < -0.3 is 5.32 Å². The lowest BCUT2D eigenvalue weighted by molar-refractivity contribution is -0.120. The smallest absolute Gasteiger partial charge is 0.332 e. The number of hydrogen-bond acceptors (Lipinski definition) is 5. The van der Waals surface area contributed by atoms with Crippen molar-refractivity contribution < 1.29 is 9.59 Å². The fraction of sp³-hybridized carbons (Fsp3) is 0.235. The van der Waals surface area contributed by atoms with Crippen LogP contribution in [0.15, 0.2) is 39.9 Å². The molecule has 0 spiro atoms. The van der Waals surface area contributed by atoms with Crippen molar-refractivity contribution in [1.82, 2.24) is 29.3 Å². The largest absolute Gasteiger partial charge is 0.334 e. The van der Waals surface area contributed by atoms with Crippen LogP contribution in [0.3, 0.4) is 0 Å². The number of amides is 3. The lowest BCUT2D eigenvalue weighted by atomic mass is 10.2. The zero-order valence-electron chi connectivity index (χ0n) is 15.1. The zero-order chi connectivity index (χ0) is 20.4. The maximum atomic E-state index is 12.4. The Morgan fingerprint density at radius 2 is 1.79 bits per heavy atom. The van der Waals surface area contributed by atoms with E-state index in [-0.39, 0.29) is 23.0 Å². The second-order valence-corrected chi connectivity index (χ2v) is 6.40. The molecule has 0 aliphatic rings. The van der Waals surface area contributed by atoms with Gasteiger partial charge in [0.25, 0.3) is 5.56 Å². The molecule has 0 fully saturated rings. The van der Waals surface area contributed by atoms with Gasteiger partial charge in [-0.25, -0.2) is 9.59 Å². The number of aromatic nitrogens is 4. The number of nitrogens with one attached hydrogen (secondary N) is 2. The van der Waals surface area contributed by atoms with Gasteiger partial charge in [0.1, 0.15) is 6.54 Å². The SMILES string of the molecule is Cn1c(=O)c2c(nc(Cl)n2CC(=O)NC(=O)NCc2ccccc2)n(C)c1=O. The Morgan fingerprint density at radius 1 is 1.11 bits per heavy atom. The van der Waals surface area contributed by atoms with Crippen LogP contribution in [0.1, 0.15) is 5.56 Å². The lowest BCUT2D eigenvalue weighted by Crippen LogP contribution is -2.41. The van der Waals surface area contributed by atoms with Gasteiger partial charge >= 0.3 is 11.7 Å². The number of halogens is 1. The first-order chi connectivity index (χ1) is 13.3. The molecular weight excluding hydrogens is 388 g/mol. The van der Waals surface area contributed by atoms with Gasteiger partial charge in [0, 0.05) is 20.6 Å². The fourth-order valence-electron chi connectivity index (χ4n) is 2.70. The molecule has 11 heteroatoms. The Kier molecular flexibility index (Phi) is 5.32. The highest BCUT2D eigenvalue weighted by Gasteiger charge is 2.20. The molecule has 2 heterocycles. The van der Waals surface area contributed by atoms with Crippen molar-refractivity contribution in [2.75, 3.05) is 0 Å². The Morgan fingerprint density at radius 3 is 2.46 bits per heavy atom. The highest BCUT2D eigenvalue weighted by molar-refractivity contribution is 6.29. The average Bonchev–Trinajstić information content (AvgIpc) is 3.00. The first-order valence-corrected chi connectivity index (χ1v) is 8.60. The predicted octanol–water partition coefficient (Wildman–Crippen LogP) is 0.113. The fourth-order valence-corrected chi connectivity index (χ4v) is 2.92. The minimum Gasteiger partial charge on any atom is -0.334 e. The Hall–Kier alpha value is -3.40. The van der Waals surface area contributed by atoms with E-state index in [1.165, 1.54) is 14.1 Å². The summed E-state index contributed by atoms with van der Waals surface area (Å²) in [7, 11) is 2.75. The summed E-state index contributed by atoms with van der Waals surface area (Å²) < 4.78 is 3.20. The summed E-state index contributed by atoms with van der Waals surface area (Å²) in [4.78, 5) is 52.5. The molecule has 146 valence electrons. The molecule has 0 saturated heterocycles. The van der Waals surface area contributed by atoms with Crippen LogP contribution in [0.4, 0.5) is 4.79 Å². The number of carbonyl (C=O) groups excluding carboxylic acids is 2. The second kappa shape index (κ2) is 7.69. The first kappa shape index (κ1) is 19.4. The van der Waals surface area contributed by atoms with Gasteiger partial charge in [0.2, 0.25) is 11.2 Å². The maximum absolute atomic E-state index is 12.4. The van der Waals surface area contributed by atoms with Crippen molar-refractivity contribution in [2.45, 2.75) is 13.1 Å². The summed E-state index contributed by atoms with van der Waals surface area (Å²) in [6.07, 6.45) is 0. The molecule has 2 N–H and O–H groups in total. The first-order valence-electron chi connectivity index (χ1n) is 8.23. The normalized spacial score (nSPS) is 10.8. The molecule has 28 heavy (non-hydrogen) atoms. The minimum absolute atomic E-state index is 0.00514. The van der Waals surface area contributed by atoms with Gasteiger partial charge in [-0.1, -0.05) is 30.3 Å². The number of rotatable bonds is 4. The number of aryl methyl sites for hydroxylation is 1. The van der Waals surface area contributed by atoms with E-state index in [2.05, 4.69) is 15.6 Å². The number of fused-ring (bicyclic) bond motifs is 1. The standard InChI is InChI=1S/C17H17ClN6O4/c1-22-13-12(14(26)23(2)17(22)28)24(15(18)21-13)9-11(25)20-16(27)19-8-10-6-4-3-5-7-10/h3-7H,8-9H2,1-2H3,(H2,19,20,25,27). The summed E-state index contributed by atoms with van der Waals surface area (Å²) in [5.41, 5.74) is -0.283. The predicted molar refractivity (Wildman–Crippen MR) is 102 cm³/mol. The van der Waals surface area contributed by atoms with Crippen molar-refractivity contribution in [3.63, 3.8) is 0 Å². The molecule has 0 atom stereocenters. The van der Waals surface area contributed by atoms with Crippen LogP contribution in [0, 0.1) is 0 Å². The molecule has 0 saturated carbocycles. The number of nitrogens with zero attached hydrogens (tertiary/aromatic N) is 4. The summed E-state index contributed by atoms with van der Waals surface area (Å²) in [6.45, 7) is -0.168. The van der Waals surface area contributed by atoms with Crippen molar-refractivity contribution >= 4 is 34.7 Å². The molecule has 3 amide bonds. The van der Waals surface area contributed by atoms with Gasteiger partial charge in [-0.2, -0.15) is 4.98 Å². The summed E-state index contributed by atoms with van der Waals surface area (Å²) in [5, 5.41) is 4.58. The Labute approximate surface area is 163 Å². The monoisotopic (exact) mass is 404 g/mol. The molecule has 0 aliphatic heterocycles. The van der Waals surface area contributed by atoms with E-state index in [0.717, 1.165) is 19.3 Å². The third-order valence-corrected chi connectivity index (χ3v) is 4.44. The third kappa shape index (κ3) is 3.67. The lowest BCUT2D eigenvalue weighted by Gasteiger charge is -2.09. The van der Waals surface area contributed by atoms with Crippen LogP contribution in [0.5, 0.6) is 0 Å². The van der Waals surface area contributed by atoms with Gasteiger partial charge in [-0.05, 0) is 17.2 Å². The minimum atomic E-state index is -0.692. The average molecular weight is 405 g/mol. The molecule has 0 unspecified atom stereocenters. The molecule has 0 bridgehead atoms. The van der Waals surface area contributed by atoms with Crippen LogP contribution in [-0.4, -0.2) is 30.6 Å². The number of urea groups is 1. The summed E-state index contributed by atoms with van der Waals surface area (Å²) >= 11 is 6.05. The maximum Gasteiger partial charge on any atom is 0.332 e. The van der Waals surface area contributed by atoms with Crippen LogP contribution in [0.25, 0.3) is 11.2 Å². The number of carbonyl (C=O) groups is 2. The molecule has 1 aromatic carbocycles. The van der Waals surface area contributed by atoms with Crippen LogP contribution >= 0.6 is 11.6 Å². The number of imide groups is 1. The molecule has 0 aliphatic carbocycles. The number of benzene rings is 1. The van der Waals surface area contributed by atoms with Crippen molar-refractivity contribution in [3.05, 3.63) is 62.0 Å². The van der Waals surface area contributed by atoms with Gasteiger partial charge in [-0.3, -0.25) is 28.6 Å². The molecule has 0 radical (unpaired) electrons. The van der Waals surface area contributed by atoms with E-state index in [9.17, 15) is 19.2 Å². The zero-order valence-corrected chi connectivity index (χ0v) is 15.9. The highest BCUT2D eigenvalue weighted by Crippen LogP contribution is 2.15. The molecule has 10 nitrogen and oxygen atoms in total. The summed E-state index contributed by atoms with van der Waals surface area (Å²) in [6, 6.07) is 8.50.